The summed E-state index contributed by atoms with van der Waals surface area (Å²) in [6.45, 7) is -1.90. The summed E-state index contributed by atoms with van der Waals surface area (Å²) < 4.78 is 66.8. The van der Waals surface area contributed by atoms with Crippen molar-refractivity contribution in [1.82, 2.24) is 10.2 Å². The largest absolute Gasteiger partial charge is 0.490 e. The Bertz CT molecular complexity index is 377. The normalized spacial score (nSPS) is 15.8. The fourth-order valence-electron chi connectivity index (χ4n) is 0.827. The van der Waals surface area contributed by atoms with Crippen molar-refractivity contribution in [1.29, 1.82) is 0 Å². The third kappa shape index (κ3) is 7.10. The van der Waals surface area contributed by atoms with E-state index in [1.54, 1.807) is 5.32 Å². The molecule has 1 saturated heterocycles. The number of carboxylic acids is 1. The number of nitrogens with zero attached hydrogens (tertiary/aromatic N) is 1. The predicted molar refractivity (Wildman–Crippen MR) is 44.9 cm³/mol. The van der Waals surface area contributed by atoms with E-state index in [2.05, 4.69) is 0 Å². The maximum Gasteiger partial charge on any atom is 0.490 e. The smallest absolute Gasteiger partial charge is 0.475 e. The molecule has 2 N–H and O–H groups in total. The van der Waals surface area contributed by atoms with Crippen LogP contribution in [0.4, 0.5) is 31.1 Å². The van der Waals surface area contributed by atoms with Gasteiger partial charge in [-0.05, 0) is 0 Å². The second kappa shape index (κ2) is 5.75. The lowest BCUT2D eigenvalue weighted by Gasteiger charge is -2.14. The second-order valence-corrected chi connectivity index (χ2v) is 3.13. The van der Waals surface area contributed by atoms with Crippen LogP contribution in [-0.4, -0.2) is 53.4 Å². The number of imide groups is 1. The van der Waals surface area contributed by atoms with Crippen molar-refractivity contribution in [2.24, 2.45) is 0 Å². The minimum atomic E-state index is -5.08. The Kier molecular flexibility index (Phi) is 5.14. The Balaban J connectivity index is 0.000000399. The third-order valence-electron chi connectivity index (χ3n) is 1.48. The Morgan fingerprint density at radius 3 is 1.84 bits per heavy atom. The minimum Gasteiger partial charge on any atom is -0.475 e. The van der Waals surface area contributed by atoms with Crippen molar-refractivity contribution in [3.63, 3.8) is 0 Å². The maximum absolute atomic E-state index is 11.7. The summed E-state index contributed by atoms with van der Waals surface area (Å²) in [5.41, 5.74) is 0. The van der Waals surface area contributed by atoms with Gasteiger partial charge >= 0.3 is 24.4 Å². The highest BCUT2D eigenvalue weighted by Gasteiger charge is 2.38. The van der Waals surface area contributed by atoms with Gasteiger partial charge in [0.25, 0.3) is 0 Å². The number of rotatable bonds is 1. The van der Waals surface area contributed by atoms with Crippen LogP contribution in [0.2, 0.25) is 0 Å². The van der Waals surface area contributed by atoms with Crippen LogP contribution >= 0.6 is 0 Å². The molecule has 0 aromatic heterocycles. The van der Waals surface area contributed by atoms with Crippen molar-refractivity contribution in [2.75, 3.05) is 13.1 Å². The number of alkyl halides is 6. The Morgan fingerprint density at radius 1 is 1.21 bits per heavy atom. The van der Waals surface area contributed by atoms with Crippen molar-refractivity contribution in [2.45, 2.75) is 12.4 Å². The molecule has 19 heavy (non-hydrogen) atoms. The number of aliphatic carboxylic acids is 1. The fourth-order valence-corrected chi connectivity index (χ4v) is 0.827. The maximum atomic E-state index is 11.7. The van der Waals surface area contributed by atoms with Gasteiger partial charge in [-0.15, -0.1) is 0 Å². The lowest BCUT2D eigenvalue weighted by atomic mass is 10.5. The minimum absolute atomic E-state index is 0.405. The summed E-state index contributed by atoms with van der Waals surface area (Å²) >= 11 is 0. The molecule has 0 unspecified atom stereocenters. The topological polar surface area (TPSA) is 86.7 Å². The molecule has 0 aromatic rings. The highest BCUT2D eigenvalue weighted by atomic mass is 19.4. The van der Waals surface area contributed by atoms with E-state index in [0.29, 0.717) is 4.90 Å². The number of urea groups is 1. The van der Waals surface area contributed by atoms with Gasteiger partial charge in [0.2, 0.25) is 5.91 Å². The lowest BCUT2D eigenvalue weighted by molar-refractivity contribution is -0.192. The lowest BCUT2D eigenvalue weighted by Crippen LogP contribution is -2.36. The van der Waals surface area contributed by atoms with Gasteiger partial charge in [0.1, 0.15) is 13.1 Å². The standard InChI is InChI=1S/C5H5F3N2O2.C2HF3O2/c6-5(7,8)2-10-1-3(11)9-4(10)12;3-2(4,5)1(6)7/h1-2H2,(H,9,11,12);(H,6,7). The number of amides is 3. The Morgan fingerprint density at radius 2 is 1.63 bits per heavy atom. The van der Waals surface area contributed by atoms with Crippen molar-refractivity contribution in [3.05, 3.63) is 0 Å². The number of carbonyl (C=O) groups is 3. The second-order valence-electron chi connectivity index (χ2n) is 3.13. The summed E-state index contributed by atoms with van der Waals surface area (Å²) in [6, 6.07) is -0.989. The molecular weight excluding hydrogens is 290 g/mol. The van der Waals surface area contributed by atoms with Crippen LogP contribution in [0.3, 0.4) is 0 Å². The van der Waals surface area contributed by atoms with Crippen LogP contribution < -0.4 is 5.32 Å². The van der Waals surface area contributed by atoms with E-state index >= 15 is 0 Å². The first-order valence-corrected chi connectivity index (χ1v) is 4.28. The summed E-state index contributed by atoms with van der Waals surface area (Å²) in [7, 11) is 0. The van der Waals surface area contributed by atoms with Crippen LogP contribution in [0.25, 0.3) is 0 Å². The van der Waals surface area contributed by atoms with Crippen LogP contribution in [0.5, 0.6) is 0 Å². The summed E-state index contributed by atoms with van der Waals surface area (Å²) in [6.07, 6.45) is -9.54. The number of hydrogen-bond acceptors (Lipinski definition) is 3. The summed E-state index contributed by atoms with van der Waals surface area (Å²) in [4.78, 5) is 30.3. The number of hydrogen-bond donors (Lipinski definition) is 2. The molecule has 1 heterocycles. The molecule has 0 saturated carbocycles. The molecule has 0 bridgehead atoms. The molecule has 12 heteroatoms. The first kappa shape index (κ1) is 17.0. The Hall–Kier alpha value is -2.01. The quantitative estimate of drug-likeness (QED) is 0.552. The fraction of sp³-hybridized carbons (Fsp3) is 0.571. The van der Waals surface area contributed by atoms with Gasteiger partial charge in [0.05, 0.1) is 0 Å². The van der Waals surface area contributed by atoms with E-state index in [4.69, 9.17) is 9.90 Å². The van der Waals surface area contributed by atoms with Gasteiger partial charge in [-0.3, -0.25) is 10.1 Å². The summed E-state index contributed by atoms with van der Waals surface area (Å²) in [5.74, 6) is -3.46. The molecule has 1 rings (SSSR count). The predicted octanol–water partition coefficient (Wildman–Crippen LogP) is 0.734. The molecule has 110 valence electrons. The monoisotopic (exact) mass is 296 g/mol. The molecule has 3 amide bonds. The molecule has 0 aliphatic carbocycles. The first-order valence-electron chi connectivity index (χ1n) is 4.28. The molecule has 0 radical (unpaired) electrons. The van der Waals surface area contributed by atoms with E-state index in [9.17, 15) is 35.9 Å². The van der Waals surface area contributed by atoms with Gasteiger partial charge in [-0.1, -0.05) is 0 Å². The number of carbonyl (C=O) groups excluding carboxylic acids is 2. The third-order valence-corrected chi connectivity index (χ3v) is 1.48. The van der Waals surface area contributed by atoms with E-state index in [-0.39, 0.29) is 0 Å². The van der Waals surface area contributed by atoms with Crippen molar-refractivity contribution >= 4 is 17.9 Å². The highest BCUT2D eigenvalue weighted by Crippen LogP contribution is 2.17. The van der Waals surface area contributed by atoms with Crippen LogP contribution in [-0.2, 0) is 9.59 Å². The molecule has 1 aliphatic heterocycles. The Labute approximate surface area is 101 Å². The van der Waals surface area contributed by atoms with E-state index < -0.39 is 43.3 Å². The molecule has 0 spiro atoms. The molecule has 0 aromatic carbocycles. The average Bonchev–Trinajstić information content (AvgIpc) is 2.41. The van der Waals surface area contributed by atoms with E-state index in [1.165, 1.54) is 0 Å². The zero-order valence-electron chi connectivity index (χ0n) is 8.80. The van der Waals surface area contributed by atoms with Crippen LogP contribution in [0, 0.1) is 0 Å². The van der Waals surface area contributed by atoms with Crippen LogP contribution in [0.1, 0.15) is 0 Å². The van der Waals surface area contributed by atoms with E-state index in [0.717, 1.165) is 0 Å². The van der Waals surface area contributed by atoms with Crippen molar-refractivity contribution < 1.29 is 45.8 Å². The van der Waals surface area contributed by atoms with E-state index in [1.807, 2.05) is 0 Å². The molecule has 6 nitrogen and oxygen atoms in total. The van der Waals surface area contributed by atoms with Gasteiger partial charge in [-0.25, -0.2) is 9.59 Å². The van der Waals surface area contributed by atoms with Gasteiger partial charge in [0, 0.05) is 0 Å². The first-order chi connectivity index (χ1) is 8.33. The zero-order valence-corrected chi connectivity index (χ0v) is 8.80. The SMILES string of the molecule is O=C(O)C(F)(F)F.O=C1CN(CC(F)(F)F)C(=O)N1. The molecule has 1 fully saturated rings. The zero-order chi connectivity index (χ0) is 15.4. The molecular formula is C7H6F6N2O4. The molecule has 0 atom stereocenters. The average molecular weight is 296 g/mol. The van der Waals surface area contributed by atoms with Gasteiger partial charge < -0.3 is 10.0 Å². The van der Waals surface area contributed by atoms with Crippen LogP contribution in [0.15, 0.2) is 0 Å². The highest BCUT2D eigenvalue weighted by molar-refractivity contribution is 6.01. The molecule has 1 aliphatic rings. The number of nitrogens with one attached hydrogen (secondary N) is 1. The van der Waals surface area contributed by atoms with Gasteiger partial charge in [-0.2, -0.15) is 26.3 Å². The van der Waals surface area contributed by atoms with Crippen molar-refractivity contribution in [3.8, 4) is 0 Å². The number of halogens is 6. The number of carboxylic acid groups (broad SMARTS) is 1. The van der Waals surface area contributed by atoms with Gasteiger partial charge in [0.15, 0.2) is 0 Å². The summed E-state index contributed by atoms with van der Waals surface area (Å²) in [5, 5.41) is 8.86.